The Morgan fingerprint density at radius 3 is 2.48 bits per heavy atom. The summed E-state index contributed by atoms with van der Waals surface area (Å²) in [6, 6.07) is 5.22. The number of hydrogen-bond donors (Lipinski definition) is 0. The molecule has 142 valence electrons. The van der Waals surface area contributed by atoms with Crippen LogP contribution in [0.5, 0.6) is 0 Å². The molecule has 2 aliphatic heterocycles. The first kappa shape index (κ1) is 17.7. The van der Waals surface area contributed by atoms with Gasteiger partial charge in [0, 0.05) is 61.6 Å². The summed E-state index contributed by atoms with van der Waals surface area (Å²) in [5.74, 6) is 0.414. The fraction of sp³-hybridized carbons (Fsp3) is 0.500. The number of aromatic nitrogens is 1. The number of carbonyl (C=O) groups is 1. The first-order valence-electron chi connectivity index (χ1n) is 9.70. The number of nitro groups is 1. The molecule has 2 aromatic rings. The Kier molecular flexibility index (Phi) is 4.92. The van der Waals surface area contributed by atoms with Crippen molar-refractivity contribution in [2.24, 2.45) is 5.92 Å². The van der Waals surface area contributed by atoms with Crippen molar-refractivity contribution in [2.75, 3.05) is 31.1 Å². The number of likely N-dealkylation sites (tertiary alicyclic amines) is 1. The van der Waals surface area contributed by atoms with Crippen LogP contribution in [-0.4, -0.2) is 46.9 Å². The first-order chi connectivity index (χ1) is 13.1. The van der Waals surface area contributed by atoms with Gasteiger partial charge in [-0.15, -0.1) is 0 Å². The third-order valence-corrected chi connectivity index (χ3v) is 5.82. The number of nitro benzene ring substituents is 1. The average molecular weight is 368 g/mol. The van der Waals surface area contributed by atoms with Crippen LogP contribution in [0.1, 0.15) is 32.1 Å². The number of nitrogens with zero attached hydrogens (tertiary/aromatic N) is 4. The number of piperidine rings is 2. The lowest BCUT2D eigenvalue weighted by molar-refractivity contribution is -0.383. The number of fused-ring (bicyclic) bond motifs is 1. The molecule has 0 radical (unpaired) electrons. The van der Waals surface area contributed by atoms with E-state index in [4.69, 9.17) is 0 Å². The number of rotatable bonds is 3. The average Bonchev–Trinajstić information content (AvgIpc) is 2.73. The molecule has 7 heteroatoms. The van der Waals surface area contributed by atoms with Crippen molar-refractivity contribution in [3.63, 3.8) is 0 Å². The van der Waals surface area contributed by atoms with Gasteiger partial charge in [-0.2, -0.15) is 0 Å². The standard InChI is InChI=1S/C20H24N4O3/c25-20(23-10-2-1-3-11-23)15-7-12-22(13-8-15)18-4-5-19(24(26)27)17-14-21-9-6-16(17)18/h4-6,9,14-15H,1-3,7-8,10-13H2. The van der Waals surface area contributed by atoms with Crippen LogP contribution < -0.4 is 4.90 Å². The third-order valence-electron chi connectivity index (χ3n) is 5.82. The van der Waals surface area contributed by atoms with Crippen molar-refractivity contribution in [1.82, 2.24) is 9.88 Å². The maximum absolute atomic E-state index is 12.8. The lowest BCUT2D eigenvalue weighted by Gasteiger charge is -2.36. The zero-order chi connectivity index (χ0) is 18.8. The smallest absolute Gasteiger partial charge is 0.278 e. The predicted molar refractivity (Wildman–Crippen MR) is 104 cm³/mol. The minimum Gasteiger partial charge on any atom is -0.371 e. The van der Waals surface area contributed by atoms with Gasteiger partial charge in [0.05, 0.1) is 10.3 Å². The minimum absolute atomic E-state index is 0.0806. The van der Waals surface area contributed by atoms with E-state index >= 15 is 0 Å². The molecule has 1 aromatic carbocycles. The molecule has 0 bridgehead atoms. The normalized spacial score (nSPS) is 18.7. The number of pyridine rings is 1. The Morgan fingerprint density at radius 2 is 1.78 bits per heavy atom. The summed E-state index contributed by atoms with van der Waals surface area (Å²) in [7, 11) is 0. The van der Waals surface area contributed by atoms with Crippen molar-refractivity contribution in [3.05, 3.63) is 40.7 Å². The van der Waals surface area contributed by atoms with Crippen LogP contribution in [0.3, 0.4) is 0 Å². The quantitative estimate of drug-likeness (QED) is 0.613. The Labute approximate surface area is 158 Å². The zero-order valence-electron chi connectivity index (χ0n) is 15.3. The highest BCUT2D eigenvalue weighted by Gasteiger charge is 2.30. The van der Waals surface area contributed by atoms with Gasteiger partial charge >= 0.3 is 0 Å². The highest BCUT2D eigenvalue weighted by atomic mass is 16.6. The second-order valence-electron chi connectivity index (χ2n) is 7.43. The van der Waals surface area contributed by atoms with Crippen LogP contribution >= 0.6 is 0 Å². The van der Waals surface area contributed by atoms with Crippen molar-refractivity contribution in [1.29, 1.82) is 0 Å². The van der Waals surface area contributed by atoms with Crippen LogP contribution in [0.25, 0.3) is 10.8 Å². The van der Waals surface area contributed by atoms with Crippen molar-refractivity contribution < 1.29 is 9.72 Å². The highest BCUT2D eigenvalue weighted by molar-refractivity contribution is 5.99. The van der Waals surface area contributed by atoms with E-state index in [-0.39, 0.29) is 16.5 Å². The summed E-state index contributed by atoms with van der Waals surface area (Å²) in [6.45, 7) is 3.39. The van der Waals surface area contributed by atoms with Gasteiger partial charge in [-0.25, -0.2) is 0 Å². The Balaban J connectivity index is 1.51. The number of carbonyl (C=O) groups excluding carboxylic acids is 1. The molecule has 3 heterocycles. The van der Waals surface area contributed by atoms with E-state index < -0.39 is 0 Å². The lowest BCUT2D eigenvalue weighted by atomic mass is 9.93. The summed E-state index contributed by atoms with van der Waals surface area (Å²) in [5.41, 5.74) is 1.07. The molecule has 0 N–H and O–H groups in total. The van der Waals surface area contributed by atoms with Gasteiger partial charge in [-0.3, -0.25) is 19.9 Å². The maximum Gasteiger partial charge on any atom is 0.278 e. The molecule has 0 saturated carbocycles. The monoisotopic (exact) mass is 368 g/mol. The van der Waals surface area contributed by atoms with E-state index in [2.05, 4.69) is 9.88 Å². The highest BCUT2D eigenvalue weighted by Crippen LogP contribution is 2.35. The molecule has 1 amide bonds. The summed E-state index contributed by atoms with van der Waals surface area (Å²) in [5, 5.41) is 12.7. The molecule has 4 rings (SSSR count). The van der Waals surface area contributed by atoms with Crippen LogP contribution in [0.4, 0.5) is 11.4 Å². The SMILES string of the molecule is O=C(C1CCN(c2ccc([N+](=O)[O-])c3cnccc23)CC1)N1CCCCC1. The second-order valence-corrected chi connectivity index (χ2v) is 7.43. The van der Waals surface area contributed by atoms with Crippen LogP contribution in [0, 0.1) is 16.0 Å². The van der Waals surface area contributed by atoms with Crippen LogP contribution in [0.2, 0.25) is 0 Å². The van der Waals surface area contributed by atoms with E-state index in [1.54, 1.807) is 18.5 Å². The van der Waals surface area contributed by atoms with E-state index in [0.717, 1.165) is 62.9 Å². The molecule has 2 fully saturated rings. The topological polar surface area (TPSA) is 79.6 Å². The van der Waals surface area contributed by atoms with E-state index in [1.165, 1.54) is 6.42 Å². The van der Waals surface area contributed by atoms with Gasteiger partial charge in [-0.05, 0) is 44.2 Å². The number of hydrogen-bond acceptors (Lipinski definition) is 5. The molecule has 0 unspecified atom stereocenters. The van der Waals surface area contributed by atoms with E-state index in [1.807, 2.05) is 17.0 Å². The minimum atomic E-state index is -0.364. The van der Waals surface area contributed by atoms with E-state index in [9.17, 15) is 14.9 Å². The predicted octanol–water partition coefficient (Wildman–Crippen LogP) is 3.37. The van der Waals surface area contributed by atoms with Gasteiger partial charge in [0.2, 0.25) is 5.91 Å². The molecule has 2 saturated heterocycles. The van der Waals surface area contributed by atoms with Crippen LogP contribution in [0.15, 0.2) is 30.6 Å². The fourth-order valence-corrected chi connectivity index (χ4v) is 4.33. The van der Waals surface area contributed by atoms with Gasteiger partial charge in [-0.1, -0.05) is 0 Å². The second kappa shape index (κ2) is 7.50. The molecule has 1 aromatic heterocycles. The van der Waals surface area contributed by atoms with Gasteiger partial charge in [0.1, 0.15) is 0 Å². The molecule has 0 aliphatic carbocycles. The molecule has 2 aliphatic rings. The molecule has 0 atom stereocenters. The van der Waals surface area contributed by atoms with Gasteiger partial charge in [0.15, 0.2) is 0 Å². The Bertz CT molecular complexity index is 855. The molecule has 0 spiro atoms. The largest absolute Gasteiger partial charge is 0.371 e. The molecule has 27 heavy (non-hydrogen) atoms. The number of benzene rings is 1. The number of anilines is 1. The zero-order valence-corrected chi connectivity index (χ0v) is 15.3. The molecular formula is C20H24N4O3. The molecule has 7 nitrogen and oxygen atoms in total. The third kappa shape index (κ3) is 3.46. The summed E-state index contributed by atoms with van der Waals surface area (Å²) in [6.07, 6.45) is 8.36. The lowest BCUT2D eigenvalue weighted by Crippen LogP contribution is -2.44. The van der Waals surface area contributed by atoms with Crippen LogP contribution in [-0.2, 0) is 4.79 Å². The first-order valence-corrected chi connectivity index (χ1v) is 9.70. The van der Waals surface area contributed by atoms with Gasteiger partial charge < -0.3 is 9.80 Å². The maximum atomic E-state index is 12.8. The Hall–Kier alpha value is -2.70. The number of non-ortho nitro benzene ring substituents is 1. The number of amides is 1. The van der Waals surface area contributed by atoms with Crippen molar-refractivity contribution in [2.45, 2.75) is 32.1 Å². The van der Waals surface area contributed by atoms with Crippen molar-refractivity contribution >= 4 is 28.1 Å². The molecular weight excluding hydrogens is 344 g/mol. The summed E-state index contributed by atoms with van der Waals surface area (Å²) >= 11 is 0. The fourth-order valence-electron chi connectivity index (χ4n) is 4.33. The summed E-state index contributed by atoms with van der Waals surface area (Å²) in [4.78, 5) is 32.0. The van der Waals surface area contributed by atoms with E-state index in [0.29, 0.717) is 11.3 Å². The van der Waals surface area contributed by atoms with Gasteiger partial charge in [0.25, 0.3) is 5.69 Å². The summed E-state index contributed by atoms with van der Waals surface area (Å²) < 4.78 is 0. The Morgan fingerprint density at radius 1 is 1.04 bits per heavy atom. The van der Waals surface area contributed by atoms with Crippen molar-refractivity contribution in [3.8, 4) is 0 Å².